The van der Waals surface area contributed by atoms with E-state index in [0.29, 0.717) is 0 Å². The third-order valence-corrected chi connectivity index (χ3v) is 1.23. The molecule has 0 fully saturated rings. The van der Waals surface area contributed by atoms with Crippen LogP contribution in [0.5, 0.6) is 0 Å². The van der Waals surface area contributed by atoms with Gasteiger partial charge >= 0.3 is 5.69 Å². The summed E-state index contributed by atoms with van der Waals surface area (Å²) in [6, 6.07) is 0. The van der Waals surface area contributed by atoms with Gasteiger partial charge < -0.3 is 5.32 Å². The van der Waals surface area contributed by atoms with Gasteiger partial charge in [0.15, 0.2) is 0 Å². The van der Waals surface area contributed by atoms with Crippen molar-refractivity contribution in [1.82, 2.24) is 20.5 Å². The van der Waals surface area contributed by atoms with Crippen LogP contribution in [-0.2, 0) is 0 Å². The van der Waals surface area contributed by atoms with E-state index in [1.165, 1.54) is 0 Å². The van der Waals surface area contributed by atoms with Crippen molar-refractivity contribution in [3.05, 3.63) is 16.3 Å². The Labute approximate surface area is 73.7 Å². The molecular formula is C7H8N4O2. The molecule has 13 heavy (non-hydrogen) atoms. The summed E-state index contributed by atoms with van der Waals surface area (Å²) in [4.78, 5) is 23.9. The zero-order chi connectivity index (χ0) is 9.68. The van der Waals surface area contributed by atoms with Gasteiger partial charge in [0.05, 0.1) is 6.54 Å². The number of amides is 1. The molecule has 6 nitrogen and oxygen atoms in total. The van der Waals surface area contributed by atoms with Crippen molar-refractivity contribution in [2.75, 3.05) is 6.54 Å². The smallest absolute Gasteiger partial charge is 0.338 e. The minimum absolute atomic E-state index is 0.0390. The summed E-state index contributed by atoms with van der Waals surface area (Å²) in [6.07, 6.45) is 0. The van der Waals surface area contributed by atoms with E-state index in [9.17, 15) is 9.59 Å². The summed E-state index contributed by atoms with van der Waals surface area (Å²) in [7, 11) is 0. The molecule has 0 unspecified atom stereocenters. The van der Waals surface area contributed by atoms with Crippen LogP contribution in [-0.4, -0.2) is 27.6 Å². The highest BCUT2D eigenvalue weighted by Gasteiger charge is 2.07. The fourth-order valence-electron chi connectivity index (χ4n) is 0.674. The fourth-order valence-corrected chi connectivity index (χ4v) is 0.674. The van der Waals surface area contributed by atoms with Crippen LogP contribution in [0.25, 0.3) is 0 Å². The van der Waals surface area contributed by atoms with E-state index in [1.807, 2.05) is 0 Å². The predicted molar refractivity (Wildman–Crippen MR) is 45.0 cm³/mol. The van der Waals surface area contributed by atoms with Crippen LogP contribution in [0, 0.1) is 11.8 Å². The Morgan fingerprint density at radius 3 is 3.00 bits per heavy atom. The second-order valence-corrected chi connectivity index (χ2v) is 2.14. The zero-order valence-electron chi connectivity index (χ0n) is 6.97. The molecule has 0 bridgehead atoms. The highest BCUT2D eigenvalue weighted by atomic mass is 16.2. The normalized spacial score (nSPS) is 8.69. The Morgan fingerprint density at radius 2 is 2.46 bits per heavy atom. The van der Waals surface area contributed by atoms with Crippen molar-refractivity contribution in [2.24, 2.45) is 0 Å². The second kappa shape index (κ2) is 4.11. The average Bonchev–Trinajstić information content (AvgIpc) is 2.52. The van der Waals surface area contributed by atoms with Gasteiger partial charge in [-0.25, -0.2) is 9.89 Å². The van der Waals surface area contributed by atoms with Crippen LogP contribution in [0.3, 0.4) is 0 Å². The summed E-state index contributed by atoms with van der Waals surface area (Å²) in [6.45, 7) is 1.91. The average molecular weight is 180 g/mol. The highest BCUT2D eigenvalue weighted by molar-refractivity contribution is 5.90. The Balaban J connectivity index is 2.57. The molecule has 1 rings (SSSR count). The summed E-state index contributed by atoms with van der Waals surface area (Å²) in [5, 5.41) is 7.97. The molecule has 3 N–H and O–H groups in total. The number of hydrogen-bond acceptors (Lipinski definition) is 3. The molecule has 1 heterocycles. The monoisotopic (exact) mass is 180 g/mol. The molecular weight excluding hydrogens is 172 g/mol. The lowest BCUT2D eigenvalue weighted by atomic mass is 10.5. The van der Waals surface area contributed by atoms with E-state index in [4.69, 9.17) is 0 Å². The van der Waals surface area contributed by atoms with Gasteiger partial charge in [-0.15, -0.1) is 11.0 Å². The Kier molecular flexibility index (Phi) is 2.87. The van der Waals surface area contributed by atoms with Crippen LogP contribution in [0.15, 0.2) is 4.79 Å². The largest absolute Gasteiger partial charge is 0.341 e. The molecule has 6 heteroatoms. The molecule has 1 aromatic heterocycles. The fraction of sp³-hybridized carbons (Fsp3) is 0.286. The van der Waals surface area contributed by atoms with Gasteiger partial charge in [-0.3, -0.25) is 9.78 Å². The number of nitrogens with one attached hydrogen (secondary N) is 3. The number of hydrogen-bond donors (Lipinski definition) is 3. The van der Waals surface area contributed by atoms with Gasteiger partial charge in [-0.05, 0) is 6.92 Å². The van der Waals surface area contributed by atoms with Gasteiger partial charge in [-0.1, -0.05) is 5.92 Å². The molecule has 0 atom stereocenters. The third kappa shape index (κ3) is 2.48. The molecule has 0 aliphatic heterocycles. The van der Waals surface area contributed by atoms with Gasteiger partial charge in [0.1, 0.15) is 0 Å². The van der Waals surface area contributed by atoms with Gasteiger partial charge in [0.25, 0.3) is 5.91 Å². The molecule has 0 saturated heterocycles. The van der Waals surface area contributed by atoms with Crippen molar-refractivity contribution < 1.29 is 4.79 Å². The minimum atomic E-state index is -0.508. The number of H-pyrrole nitrogens is 2. The number of aromatic nitrogens is 3. The van der Waals surface area contributed by atoms with Gasteiger partial charge in [0, 0.05) is 0 Å². The summed E-state index contributed by atoms with van der Waals surface area (Å²) < 4.78 is 0. The van der Waals surface area contributed by atoms with Crippen molar-refractivity contribution in [2.45, 2.75) is 6.92 Å². The van der Waals surface area contributed by atoms with E-state index in [1.54, 1.807) is 6.92 Å². The van der Waals surface area contributed by atoms with E-state index in [0.717, 1.165) is 0 Å². The maximum atomic E-state index is 11.1. The molecule has 1 aromatic rings. The van der Waals surface area contributed by atoms with Crippen molar-refractivity contribution >= 4 is 5.91 Å². The van der Waals surface area contributed by atoms with Gasteiger partial charge in [0.2, 0.25) is 5.82 Å². The number of carbonyl (C=O) groups is 1. The van der Waals surface area contributed by atoms with E-state index in [-0.39, 0.29) is 12.4 Å². The van der Waals surface area contributed by atoms with Crippen LogP contribution in [0.2, 0.25) is 0 Å². The number of aromatic amines is 2. The maximum absolute atomic E-state index is 11.1. The number of nitrogens with zero attached hydrogens (tertiary/aromatic N) is 1. The summed E-state index contributed by atoms with van der Waals surface area (Å²) >= 11 is 0. The first-order valence-electron chi connectivity index (χ1n) is 3.56. The van der Waals surface area contributed by atoms with Crippen LogP contribution in [0.4, 0.5) is 0 Å². The molecule has 0 saturated carbocycles. The second-order valence-electron chi connectivity index (χ2n) is 2.14. The molecule has 0 aliphatic carbocycles. The van der Waals surface area contributed by atoms with Gasteiger partial charge in [-0.2, -0.15) is 0 Å². The molecule has 0 aromatic carbocycles. The zero-order valence-corrected chi connectivity index (χ0v) is 6.97. The van der Waals surface area contributed by atoms with E-state index in [2.05, 4.69) is 32.3 Å². The Hall–Kier alpha value is -2.03. The third-order valence-electron chi connectivity index (χ3n) is 1.23. The molecule has 0 radical (unpaired) electrons. The van der Waals surface area contributed by atoms with Crippen LogP contribution in [0.1, 0.15) is 17.5 Å². The molecule has 1 amide bonds. The lowest BCUT2D eigenvalue weighted by Gasteiger charge is -1.94. The molecule has 0 aliphatic rings. The predicted octanol–water partition coefficient (Wildman–Crippen LogP) is -1.15. The highest BCUT2D eigenvalue weighted by Crippen LogP contribution is 1.79. The van der Waals surface area contributed by atoms with Crippen molar-refractivity contribution in [3.8, 4) is 11.8 Å². The SMILES string of the molecule is CC#CCNC(=O)c1n[nH]c(=O)[nH]1. The summed E-state index contributed by atoms with van der Waals surface area (Å²) in [5.41, 5.74) is -0.508. The summed E-state index contributed by atoms with van der Waals surface area (Å²) in [5.74, 6) is 4.76. The van der Waals surface area contributed by atoms with Crippen LogP contribution < -0.4 is 11.0 Å². The minimum Gasteiger partial charge on any atom is -0.338 e. The molecule has 0 spiro atoms. The first-order valence-corrected chi connectivity index (χ1v) is 3.56. The van der Waals surface area contributed by atoms with Crippen molar-refractivity contribution in [1.29, 1.82) is 0 Å². The Bertz CT molecular complexity index is 406. The van der Waals surface area contributed by atoms with Crippen LogP contribution >= 0.6 is 0 Å². The van der Waals surface area contributed by atoms with E-state index >= 15 is 0 Å². The number of rotatable bonds is 2. The topological polar surface area (TPSA) is 90.6 Å². The first-order chi connectivity index (χ1) is 6.24. The lowest BCUT2D eigenvalue weighted by Crippen LogP contribution is -2.25. The molecule has 68 valence electrons. The number of carbonyl (C=O) groups excluding carboxylic acids is 1. The quantitative estimate of drug-likeness (QED) is 0.502. The van der Waals surface area contributed by atoms with Crippen molar-refractivity contribution in [3.63, 3.8) is 0 Å². The lowest BCUT2D eigenvalue weighted by molar-refractivity contribution is 0.0948. The standard InChI is InChI=1S/C7H8N4O2/c1-2-3-4-8-6(12)5-9-7(13)11-10-5/h4H2,1H3,(H,8,12)(H2,9,10,11,13). The maximum Gasteiger partial charge on any atom is 0.341 e. The first kappa shape index (κ1) is 9.06. The Morgan fingerprint density at radius 1 is 1.69 bits per heavy atom. The van der Waals surface area contributed by atoms with E-state index < -0.39 is 11.6 Å².